The molecule has 1 aliphatic heterocycles. The van der Waals surface area contributed by atoms with Crippen LogP contribution in [0.3, 0.4) is 0 Å². The summed E-state index contributed by atoms with van der Waals surface area (Å²) in [5.74, 6) is 0.553. The van der Waals surface area contributed by atoms with Crippen LogP contribution < -0.4 is 9.46 Å². The van der Waals surface area contributed by atoms with Crippen LogP contribution in [-0.2, 0) is 14.8 Å². The van der Waals surface area contributed by atoms with E-state index in [0.717, 1.165) is 5.56 Å². The molecule has 1 aliphatic rings. The molecule has 0 aliphatic carbocycles. The molecule has 0 bridgehead atoms. The molecule has 0 aromatic heterocycles. The molecule has 2 aromatic rings. The first-order valence-corrected chi connectivity index (χ1v) is 11.2. The average Bonchev–Trinajstić information content (AvgIpc) is 3.14. The zero-order valence-electron chi connectivity index (χ0n) is 16.0. The standard InChI is InChI=1S/C21H26N2O4S/c1-2-15-28(25,26)22-18-13-14-23(16-18)21(24)20(17-9-5-3-6-10-17)27-19-11-7-4-8-12-19/h3-12,18,20,22H,2,13-16H2,1H3/t18-,20+/m1/s1. The van der Waals surface area contributed by atoms with Crippen LogP contribution in [0.15, 0.2) is 60.7 Å². The lowest BCUT2D eigenvalue weighted by molar-refractivity contribution is -0.138. The van der Waals surface area contributed by atoms with E-state index < -0.39 is 16.1 Å². The van der Waals surface area contributed by atoms with Crippen LogP contribution in [0.4, 0.5) is 0 Å². The lowest BCUT2D eigenvalue weighted by Crippen LogP contribution is -2.41. The van der Waals surface area contributed by atoms with Gasteiger partial charge in [-0.1, -0.05) is 55.5 Å². The van der Waals surface area contributed by atoms with Crippen LogP contribution in [0, 0.1) is 0 Å². The second-order valence-electron chi connectivity index (χ2n) is 6.93. The molecule has 7 heteroatoms. The van der Waals surface area contributed by atoms with Gasteiger partial charge in [-0.05, 0) is 25.0 Å². The third-order valence-electron chi connectivity index (χ3n) is 4.64. The molecule has 2 atom stereocenters. The van der Waals surface area contributed by atoms with Gasteiger partial charge in [-0.2, -0.15) is 0 Å². The molecule has 1 amide bonds. The first-order chi connectivity index (χ1) is 13.5. The Kier molecular flexibility index (Phi) is 6.70. The van der Waals surface area contributed by atoms with Crippen molar-refractivity contribution in [3.8, 4) is 5.75 Å². The molecule has 3 rings (SSSR count). The summed E-state index contributed by atoms with van der Waals surface area (Å²) in [6.07, 6.45) is 0.391. The van der Waals surface area contributed by atoms with Gasteiger partial charge < -0.3 is 9.64 Å². The van der Waals surface area contributed by atoms with Gasteiger partial charge in [0.1, 0.15) is 5.75 Å². The van der Waals surface area contributed by atoms with E-state index >= 15 is 0 Å². The molecular weight excluding hydrogens is 376 g/mol. The highest BCUT2D eigenvalue weighted by Crippen LogP contribution is 2.25. The lowest BCUT2D eigenvalue weighted by Gasteiger charge is -2.25. The number of benzene rings is 2. The maximum Gasteiger partial charge on any atom is 0.268 e. The Morgan fingerprint density at radius 1 is 1.14 bits per heavy atom. The molecule has 6 nitrogen and oxygen atoms in total. The van der Waals surface area contributed by atoms with Gasteiger partial charge in [-0.25, -0.2) is 13.1 Å². The summed E-state index contributed by atoms with van der Waals surface area (Å²) < 4.78 is 32.8. The number of hydrogen-bond acceptors (Lipinski definition) is 4. The van der Waals surface area contributed by atoms with Gasteiger partial charge in [0.2, 0.25) is 16.1 Å². The third-order valence-corrected chi connectivity index (χ3v) is 6.28. The molecule has 0 saturated carbocycles. The summed E-state index contributed by atoms with van der Waals surface area (Å²) in [7, 11) is -3.30. The first kappa shape index (κ1) is 20.4. The van der Waals surface area contributed by atoms with Gasteiger partial charge in [0, 0.05) is 24.7 Å². The van der Waals surface area contributed by atoms with Crippen LogP contribution in [0.25, 0.3) is 0 Å². The second kappa shape index (κ2) is 9.21. The topological polar surface area (TPSA) is 75.7 Å². The van der Waals surface area contributed by atoms with Crippen molar-refractivity contribution in [3.63, 3.8) is 0 Å². The van der Waals surface area contributed by atoms with Crippen LogP contribution in [0.1, 0.15) is 31.4 Å². The van der Waals surface area contributed by atoms with E-state index in [9.17, 15) is 13.2 Å². The van der Waals surface area contributed by atoms with Crippen LogP contribution in [-0.4, -0.2) is 44.1 Å². The van der Waals surface area contributed by atoms with Crippen molar-refractivity contribution in [2.75, 3.05) is 18.8 Å². The number of carbonyl (C=O) groups excluding carboxylic acids is 1. The van der Waals surface area contributed by atoms with Crippen molar-refractivity contribution in [3.05, 3.63) is 66.2 Å². The van der Waals surface area contributed by atoms with E-state index in [1.165, 1.54) is 0 Å². The largest absolute Gasteiger partial charge is 0.476 e. The van der Waals surface area contributed by atoms with Gasteiger partial charge >= 0.3 is 0 Å². The molecular formula is C21H26N2O4S. The Morgan fingerprint density at radius 3 is 2.43 bits per heavy atom. The maximum absolute atomic E-state index is 13.2. The Morgan fingerprint density at radius 2 is 1.79 bits per heavy atom. The summed E-state index contributed by atoms with van der Waals surface area (Å²) in [5, 5.41) is 0. The van der Waals surface area contributed by atoms with E-state index in [2.05, 4.69) is 4.72 Å². The van der Waals surface area contributed by atoms with Crippen LogP contribution >= 0.6 is 0 Å². The molecule has 1 N–H and O–H groups in total. The molecule has 150 valence electrons. The maximum atomic E-state index is 13.2. The van der Waals surface area contributed by atoms with Crippen molar-refractivity contribution in [2.24, 2.45) is 0 Å². The van der Waals surface area contributed by atoms with E-state index in [-0.39, 0.29) is 17.7 Å². The highest BCUT2D eigenvalue weighted by Gasteiger charge is 2.34. The summed E-state index contributed by atoms with van der Waals surface area (Å²) in [6, 6.07) is 18.3. The van der Waals surface area contributed by atoms with Gasteiger partial charge in [0.05, 0.1) is 5.75 Å². The van der Waals surface area contributed by atoms with Crippen LogP contribution in [0.2, 0.25) is 0 Å². The van der Waals surface area contributed by atoms with Crippen molar-refractivity contribution in [2.45, 2.75) is 31.9 Å². The number of likely N-dealkylation sites (tertiary alicyclic amines) is 1. The minimum absolute atomic E-state index is 0.0984. The number of rotatable bonds is 8. The Bertz CT molecular complexity index is 872. The normalized spacial score (nSPS) is 18.0. The van der Waals surface area contributed by atoms with Gasteiger partial charge in [0.15, 0.2) is 0 Å². The smallest absolute Gasteiger partial charge is 0.268 e. The van der Waals surface area contributed by atoms with E-state index in [1.807, 2.05) is 67.6 Å². The van der Waals surface area contributed by atoms with Gasteiger partial charge in [0.25, 0.3) is 5.91 Å². The Balaban J connectivity index is 1.73. The number of hydrogen-bond donors (Lipinski definition) is 1. The molecule has 28 heavy (non-hydrogen) atoms. The van der Waals surface area contributed by atoms with E-state index in [4.69, 9.17) is 4.74 Å². The number of amides is 1. The second-order valence-corrected chi connectivity index (χ2v) is 8.80. The van der Waals surface area contributed by atoms with Crippen molar-refractivity contribution >= 4 is 15.9 Å². The fourth-order valence-corrected chi connectivity index (χ4v) is 4.68. The minimum atomic E-state index is -3.30. The highest BCUT2D eigenvalue weighted by molar-refractivity contribution is 7.89. The minimum Gasteiger partial charge on any atom is -0.476 e. The highest BCUT2D eigenvalue weighted by atomic mass is 32.2. The van der Waals surface area contributed by atoms with E-state index in [0.29, 0.717) is 31.7 Å². The summed E-state index contributed by atoms with van der Waals surface area (Å²) in [5.41, 5.74) is 0.770. The third kappa shape index (κ3) is 5.33. The monoisotopic (exact) mass is 402 g/mol. The molecule has 0 radical (unpaired) electrons. The molecule has 0 spiro atoms. The number of carbonyl (C=O) groups is 1. The number of ether oxygens (including phenoxy) is 1. The number of sulfonamides is 1. The lowest BCUT2D eigenvalue weighted by atomic mass is 10.1. The SMILES string of the molecule is CCCS(=O)(=O)N[C@@H]1CCN(C(=O)[C@@H](Oc2ccccc2)c2ccccc2)C1. The number of nitrogens with one attached hydrogen (secondary N) is 1. The fourth-order valence-electron chi connectivity index (χ4n) is 3.33. The zero-order valence-corrected chi connectivity index (χ0v) is 16.8. The summed E-state index contributed by atoms with van der Waals surface area (Å²) in [6.45, 7) is 2.68. The number of nitrogens with zero attached hydrogens (tertiary/aromatic N) is 1. The molecule has 1 heterocycles. The Hall–Kier alpha value is -2.38. The van der Waals surface area contributed by atoms with Crippen LogP contribution in [0.5, 0.6) is 5.75 Å². The first-order valence-electron chi connectivity index (χ1n) is 9.54. The predicted octanol–water partition coefficient (Wildman–Crippen LogP) is 2.74. The van der Waals surface area contributed by atoms with Gasteiger partial charge in [-0.15, -0.1) is 0 Å². The van der Waals surface area contributed by atoms with Crippen molar-refractivity contribution < 1.29 is 17.9 Å². The molecule has 1 saturated heterocycles. The molecule has 1 fully saturated rings. The number of para-hydroxylation sites is 1. The molecule has 0 unspecified atom stereocenters. The van der Waals surface area contributed by atoms with Gasteiger partial charge in [-0.3, -0.25) is 4.79 Å². The predicted molar refractivity (Wildman–Crippen MR) is 108 cm³/mol. The Labute approximate surface area is 166 Å². The summed E-state index contributed by atoms with van der Waals surface area (Å²) >= 11 is 0. The average molecular weight is 403 g/mol. The summed E-state index contributed by atoms with van der Waals surface area (Å²) in [4.78, 5) is 14.9. The fraction of sp³-hybridized carbons (Fsp3) is 0.381. The quantitative estimate of drug-likeness (QED) is 0.737. The van der Waals surface area contributed by atoms with E-state index in [1.54, 1.807) is 4.90 Å². The van der Waals surface area contributed by atoms with Crippen molar-refractivity contribution in [1.82, 2.24) is 9.62 Å². The zero-order chi connectivity index (χ0) is 20.0. The van der Waals surface area contributed by atoms with Crippen molar-refractivity contribution in [1.29, 1.82) is 0 Å². The molecule has 2 aromatic carbocycles.